The molecule has 3 aromatic rings. The maximum Gasteiger partial charge on any atom is 0.227 e. The predicted octanol–water partition coefficient (Wildman–Crippen LogP) is 4.47. The third-order valence-electron chi connectivity index (χ3n) is 5.14. The van der Waals surface area contributed by atoms with Crippen molar-refractivity contribution in [3.8, 4) is 17.3 Å². The van der Waals surface area contributed by atoms with E-state index in [1.807, 2.05) is 61.0 Å². The highest BCUT2D eigenvalue weighted by atomic mass is 35.5. The van der Waals surface area contributed by atoms with E-state index in [2.05, 4.69) is 4.90 Å². The minimum absolute atomic E-state index is 0.288. The van der Waals surface area contributed by atoms with Crippen molar-refractivity contribution in [1.29, 1.82) is 0 Å². The summed E-state index contributed by atoms with van der Waals surface area (Å²) >= 11 is 6.05. The van der Waals surface area contributed by atoms with Crippen LogP contribution < -0.4 is 4.74 Å². The molecule has 2 aromatic carbocycles. The van der Waals surface area contributed by atoms with Crippen LogP contribution in [0.4, 0.5) is 0 Å². The molecule has 0 amide bonds. The number of ether oxygens (including phenoxy) is 3. The number of methoxy groups -OCH3 is 1. The van der Waals surface area contributed by atoms with Crippen LogP contribution in [-0.2, 0) is 16.0 Å². The van der Waals surface area contributed by atoms with Gasteiger partial charge in [0.2, 0.25) is 5.88 Å². The van der Waals surface area contributed by atoms with Crippen LogP contribution in [0.5, 0.6) is 11.6 Å². The van der Waals surface area contributed by atoms with E-state index in [1.165, 1.54) is 0 Å². The predicted molar refractivity (Wildman–Crippen MR) is 129 cm³/mol. The molecular formula is C25H32ClN3O4. The Morgan fingerprint density at radius 3 is 2.52 bits per heavy atom. The number of nitrogens with zero attached hydrogens (tertiary/aromatic N) is 3. The van der Waals surface area contributed by atoms with Crippen molar-refractivity contribution < 1.29 is 19.3 Å². The van der Waals surface area contributed by atoms with Crippen molar-refractivity contribution in [2.45, 2.75) is 26.5 Å². The van der Waals surface area contributed by atoms with E-state index >= 15 is 0 Å². The molecular weight excluding hydrogens is 442 g/mol. The SMILES string of the molecule is CCOC[C@@H](O)CN(CCOC)Cc1c(C)nn(-c2ccccc2)c1Oc1ccc(Cl)cc1. The Bertz CT molecular complexity index is 979. The number of aliphatic hydroxyl groups is 1. The normalized spacial score (nSPS) is 12.3. The van der Waals surface area contributed by atoms with E-state index in [9.17, 15) is 5.11 Å². The maximum atomic E-state index is 10.4. The van der Waals surface area contributed by atoms with Crippen LogP contribution in [-0.4, -0.2) is 65.9 Å². The second-order valence-corrected chi connectivity index (χ2v) is 8.15. The van der Waals surface area contributed by atoms with Crippen molar-refractivity contribution in [3.05, 3.63) is 70.9 Å². The minimum Gasteiger partial charge on any atom is -0.439 e. The van der Waals surface area contributed by atoms with Gasteiger partial charge in [0.25, 0.3) is 0 Å². The lowest BCUT2D eigenvalue weighted by molar-refractivity contribution is 0.0147. The van der Waals surface area contributed by atoms with Gasteiger partial charge in [-0.1, -0.05) is 29.8 Å². The topological polar surface area (TPSA) is 69.0 Å². The first-order valence-electron chi connectivity index (χ1n) is 11.1. The second kappa shape index (κ2) is 12.7. The lowest BCUT2D eigenvalue weighted by atomic mass is 10.2. The van der Waals surface area contributed by atoms with Gasteiger partial charge in [0.1, 0.15) is 5.75 Å². The second-order valence-electron chi connectivity index (χ2n) is 7.71. The first-order valence-corrected chi connectivity index (χ1v) is 11.4. The molecule has 0 unspecified atom stereocenters. The van der Waals surface area contributed by atoms with Gasteiger partial charge in [-0.2, -0.15) is 5.10 Å². The summed E-state index contributed by atoms with van der Waals surface area (Å²) in [6, 6.07) is 17.1. The molecule has 0 aliphatic carbocycles. The number of halogens is 1. The largest absolute Gasteiger partial charge is 0.439 e. The third-order valence-corrected chi connectivity index (χ3v) is 5.39. The van der Waals surface area contributed by atoms with Gasteiger partial charge >= 0.3 is 0 Å². The van der Waals surface area contributed by atoms with E-state index in [1.54, 1.807) is 19.2 Å². The standard InChI is InChI=1S/C25H32ClN3O4/c1-4-32-18-22(30)16-28(14-15-31-3)17-24-19(2)27-29(21-8-6-5-7-9-21)25(24)33-23-12-10-20(26)11-13-23/h5-13,22,30H,4,14-18H2,1-3H3/t22-/m0/s1. The number of aliphatic hydroxyl groups excluding tert-OH is 1. The van der Waals surface area contributed by atoms with Gasteiger partial charge in [-0.25, -0.2) is 4.68 Å². The van der Waals surface area contributed by atoms with Crippen molar-refractivity contribution >= 4 is 11.6 Å². The molecule has 33 heavy (non-hydrogen) atoms. The van der Waals surface area contributed by atoms with Crippen molar-refractivity contribution in [1.82, 2.24) is 14.7 Å². The Hall–Kier alpha value is -2.42. The van der Waals surface area contributed by atoms with Gasteiger partial charge in [0.15, 0.2) is 0 Å². The summed E-state index contributed by atoms with van der Waals surface area (Å²) < 4.78 is 18.8. The number of hydrogen-bond acceptors (Lipinski definition) is 6. The number of aromatic nitrogens is 2. The molecule has 3 rings (SSSR count). The summed E-state index contributed by atoms with van der Waals surface area (Å²) in [5.74, 6) is 1.29. The fraction of sp³-hybridized carbons (Fsp3) is 0.400. The van der Waals surface area contributed by atoms with Gasteiger partial charge in [0.05, 0.1) is 36.3 Å². The number of para-hydroxylation sites is 1. The lowest BCUT2D eigenvalue weighted by Crippen LogP contribution is -2.36. The Morgan fingerprint density at radius 1 is 1.12 bits per heavy atom. The summed E-state index contributed by atoms with van der Waals surface area (Å²) in [6.07, 6.45) is -0.605. The Morgan fingerprint density at radius 2 is 1.85 bits per heavy atom. The molecule has 1 atom stereocenters. The molecule has 0 saturated heterocycles. The van der Waals surface area contributed by atoms with Crippen molar-refractivity contribution in [3.63, 3.8) is 0 Å². The number of aryl methyl sites for hydroxylation is 1. The van der Waals surface area contributed by atoms with Crippen LogP contribution in [0.3, 0.4) is 0 Å². The summed E-state index contributed by atoms with van der Waals surface area (Å²) in [6.45, 7) is 6.91. The zero-order chi connectivity index (χ0) is 23.6. The highest BCUT2D eigenvalue weighted by Gasteiger charge is 2.22. The van der Waals surface area contributed by atoms with Crippen LogP contribution in [0.15, 0.2) is 54.6 Å². The average molecular weight is 474 g/mol. The summed E-state index contributed by atoms with van der Waals surface area (Å²) in [5, 5.41) is 15.9. The average Bonchev–Trinajstić information content (AvgIpc) is 3.13. The van der Waals surface area contributed by atoms with Gasteiger partial charge < -0.3 is 19.3 Å². The Balaban J connectivity index is 1.94. The Kier molecular flexibility index (Phi) is 9.72. The van der Waals surface area contributed by atoms with E-state index < -0.39 is 6.10 Å². The molecule has 0 fully saturated rings. The highest BCUT2D eigenvalue weighted by molar-refractivity contribution is 6.30. The van der Waals surface area contributed by atoms with Gasteiger partial charge in [-0.05, 0) is 50.2 Å². The minimum atomic E-state index is -0.605. The summed E-state index contributed by atoms with van der Waals surface area (Å²) in [7, 11) is 1.67. The van der Waals surface area contributed by atoms with Crippen LogP contribution in [0.2, 0.25) is 5.02 Å². The molecule has 7 nitrogen and oxygen atoms in total. The van der Waals surface area contributed by atoms with Gasteiger partial charge in [-0.15, -0.1) is 0 Å². The van der Waals surface area contributed by atoms with Gasteiger partial charge in [0, 0.05) is 38.4 Å². The van der Waals surface area contributed by atoms with Crippen molar-refractivity contribution in [2.75, 3.05) is 40.0 Å². The summed E-state index contributed by atoms with van der Waals surface area (Å²) in [4.78, 5) is 2.13. The molecule has 0 bridgehead atoms. The molecule has 0 aliphatic rings. The zero-order valence-corrected chi connectivity index (χ0v) is 20.2. The third kappa shape index (κ3) is 7.28. The number of rotatable bonds is 13. The van der Waals surface area contributed by atoms with Gasteiger partial charge in [-0.3, -0.25) is 4.90 Å². The molecule has 1 N–H and O–H groups in total. The van der Waals surface area contributed by atoms with Crippen LogP contribution in [0, 0.1) is 6.92 Å². The highest BCUT2D eigenvalue weighted by Crippen LogP contribution is 2.32. The number of hydrogen-bond donors (Lipinski definition) is 1. The van der Waals surface area contributed by atoms with Crippen LogP contribution in [0.1, 0.15) is 18.2 Å². The van der Waals surface area contributed by atoms with Crippen LogP contribution >= 0.6 is 11.6 Å². The van der Waals surface area contributed by atoms with Crippen molar-refractivity contribution in [2.24, 2.45) is 0 Å². The Labute approximate surface area is 200 Å². The fourth-order valence-corrected chi connectivity index (χ4v) is 3.59. The molecule has 1 heterocycles. The lowest BCUT2D eigenvalue weighted by Gasteiger charge is -2.25. The first-order chi connectivity index (χ1) is 16.0. The number of benzene rings is 2. The van der Waals surface area contributed by atoms with E-state index in [-0.39, 0.29) is 6.61 Å². The molecule has 0 spiro atoms. The van der Waals surface area contributed by atoms with Crippen LogP contribution in [0.25, 0.3) is 5.69 Å². The molecule has 1 aromatic heterocycles. The smallest absolute Gasteiger partial charge is 0.227 e. The van der Waals surface area contributed by atoms with E-state index in [0.717, 1.165) is 16.9 Å². The molecule has 0 radical (unpaired) electrons. The van der Waals surface area contributed by atoms with E-state index in [4.69, 9.17) is 30.9 Å². The zero-order valence-electron chi connectivity index (χ0n) is 19.4. The summed E-state index contributed by atoms with van der Waals surface area (Å²) in [5.41, 5.74) is 2.69. The quantitative estimate of drug-likeness (QED) is 0.395. The molecule has 178 valence electrons. The molecule has 0 aliphatic heterocycles. The molecule has 0 saturated carbocycles. The fourth-order valence-electron chi connectivity index (χ4n) is 3.47. The molecule has 8 heteroatoms. The first kappa shape index (κ1) is 25.2. The van der Waals surface area contributed by atoms with E-state index in [0.29, 0.717) is 49.5 Å². The monoisotopic (exact) mass is 473 g/mol. The maximum absolute atomic E-state index is 10.4.